The van der Waals surface area contributed by atoms with Crippen molar-refractivity contribution in [3.63, 3.8) is 0 Å². The molecule has 4 nitrogen and oxygen atoms in total. The van der Waals surface area contributed by atoms with Crippen LogP contribution in [0.4, 0.5) is 5.82 Å². The fraction of sp³-hybridized carbons (Fsp3) is 0.357. The molecule has 0 fully saturated rings. The summed E-state index contributed by atoms with van der Waals surface area (Å²) in [7, 11) is 0. The van der Waals surface area contributed by atoms with Crippen LogP contribution in [0.3, 0.4) is 0 Å². The molecule has 0 saturated carbocycles. The zero-order valence-electron chi connectivity index (χ0n) is 11.0. The summed E-state index contributed by atoms with van der Waals surface area (Å²) in [6.07, 6.45) is 4.46. The zero-order valence-corrected chi connectivity index (χ0v) is 11.0. The largest absolute Gasteiger partial charge is 0.384 e. The minimum absolute atomic E-state index is 0.520. The first-order valence-electron chi connectivity index (χ1n) is 6.10. The third kappa shape index (κ3) is 2.83. The third-order valence-corrected chi connectivity index (χ3v) is 2.68. The second kappa shape index (κ2) is 5.12. The minimum atomic E-state index is 0.520. The summed E-state index contributed by atoms with van der Waals surface area (Å²) in [5.41, 5.74) is 8.89. The van der Waals surface area contributed by atoms with Gasteiger partial charge in [-0.25, -0.2) is 9.97 Å². The first-order valence-corrected chi connectivity index (χ1v) is 6.10. The van der Waals surface area contributed by atoms with E-state index in [1.165, 1.54) is 0 Å². The molecule has 0 spiro atoms. The molecule has 0 bridgehead atoms. The van der Waals surface area contributed by atoms with Gasteiger partial charge in [-0.1, -0.05) is 13.8 Å². The van der Waals surface area contributed by atoms with Crippen molar-refractivity contribution in [3.8, 4) is 11.4 Å². The lowest BCUT2D eigenvalue weighted by molar-refractivity contribution is 0.635. The van der Waals surface area contributed by atoms with Gasteiger partial charge in [0.1, 0.15) is 5.82 Å². The number of nitrogens with zero attached hydrogens (tertiary/aromatic N) is 3. The quantitative estimate of drug-likeness (QED) is 0.898. The van der Waals surface area contributed by atoms with Gasteiger partial charge < -0.3 is 5.73 Å². The number of hydrogen-bond donors (Lipinski definition) is 1. The normalized spacial score (nSPS) is 10.9. The highest BCUT2D eigenvalue weighted by molar-refractivity contribution is 5.60. The van der Waals surface area contributed by atoms with Crippen LogP contribution in [0.25, 0.3) is 11.4 Å². The Bertz CT molecular complexity index is 549. The third-order valence-electron chi connectivity index (χ3n) is 2.68. The number of nitrogen functional groups attached to an aromatic ring is 1. The second-order valence-corrected chi connectivity index (χ2v) is 4.90. The molecular weight excluding hydrogens is 224 g/mol. The Morgan fingerprint density at radius 2 is 2.06 bits per heavy atom. The Labute approximate surface area is 107 Å². The Hall–Kier alpha value is -1.97. The van der Waals surface area contributed by atoms with Crippen molar-refractivity contribution in [1.29, 1.82) is 0 Å². The van der Waals surface area contributed by atoms with Crippen LogP contribution in [0.5, 0.6) is 0 Å². The second-order valence-electron chi connectivity index (χ2n) is 4.90. The first kappa shape index (κ1) is 12.5. The lowest BCUT2D eigenvalue weighted by Gasteiger charge is -2.09. The van der Waals surface area contributed by atoms with Crippen molar-refractivity contribution in [2.45, 2.75) is 27.2 Å². The van der Waals surface area contributed by atoms with Gasteiger partial charge in [0.15, 0.2) is 5.82 Å². The van der Waals surface area contributed by atoms with Gasteiger partial charge in [-0.2, -0.15) is 0 Å². The molecule has 2 aromatic heterocycles. The average Bonchev–Trinajstić information content (AvgIpc) is 2.27. The van der Waals surface area contributed by atoms with Crippen LogP contribution in [0.2, 0.25) is 0 Å². The van der Waals surface area contributed by atoms with Crippen molar-refractivity contribution in [2.75, 3.05) is 5.73 Å². The number of aromatic nitrogens is 3. The molecule has 0 atom stereocenters. The lowest BCUT2D eigenvalue weighted by Crippen LogP contribution is -2.04. The van der Waals surface area contributed by atoms with E-state index in [1.807, 2.05) is 25.3 Å². The van der Waals surface area contributed by atoms with Gasteiger partial charge in [-0.3, -0.25) is 4.98 Å². The van der Waals surface area contributed by atoms with Gasteiger partial charge >= 0.3 is 0 Å². The highest BCUT2D eigenvalue weighted by Crippen LogP contribution is 2.20. The van der Waals surface area contributed by atoms with E-state index in [2.05, 4.69) is 28.8 Å². The molecular formula is C14H18N4. The number of aryl methyl sites for hydroxylation is 1. The van der Waals surface area contributed by atoms with Gasteiger partial charge in [0.05, 0.1) is 0 Å². The maximum absolute atomic E-state index is 5.86. The summed E-state index contributed by atoms with van der Waals surface area (Å²) in [5, 5.41) is 0. The first-order chi connectivity index (χ1) is 8.56. The summed E-state index contributed by atoms with van der Waals surface area (Å²) < 4.78 is 0. The summed E-state index contributed by atoms with van der Waals surface area (Å²) in [4.78, 5) is 13.0. The Kier molecular flexibility index (Phi) is 3.55. The van der Waals surface area contributed by atoms with E-state index in [9.17, 15) is 0 Å². The maximum atomic E-state index is 5.86. The summed E-state index contributed by atoms with van der Waals surface area (Å²) in [6, 6.07) is 3.77. The van der Waals surface area contributed by atoms with E-state index in [-0.39, 0.29) is 0 Å². The van der Waals surface area contributed by atoms with Crippen LogP contribution in [-0.4, -0.2) is 15.0 Å². The van der Waals surface area contributed by atoms with Crippen LogP contribution < -0.4 is 5.73 Å². The van der Waals surface area contributed by atoms with Crippen LogP contribution in [0.15, 0.2) is 24.5 Å². The topological polar surface area (TPSA) is 64.7 Å². The van der Waals surface area contributed by atoms with E-state index >= 15 is 0 Å². The standard InChI is InChI=1S/C14H18N4/c1-9(2)6-11-7-13(15)18-14(17-11)12-4-5-16-8-10(12)3/h4-5,7-9H,6H2,1-3H3,(H2,15,17,18). The molecule has 0 unspecified atom stereocenters. The molecule has 18 heavy (non-hydrogen) atoms. The SMILES string of the molecule is Cc1cnccc1-c1nc(N)cc(CC(C)C)n1. The monoisotopic (exact) mass is 242 g/mol. The van der Waals surface area contributed by atoms with Gasteiger partial charge in [0.2, 0.25) is 0 Å². The van der Waals surface area contributed by atoms with Gasteiger partial charge in [0, 0.05) is 29.7 Å². The van der Waals surface area contributed by atoms with E-state index in [0.717, 1.165) is 23.2 Å². The van der Waals surface area contributed by atoms with Crippen LogP contribution >= 0.6 is 0 Å². The molecule has 0 aliphatic heterocycles. The van der Waals surface area contributed by atoms with Gasteiger partial charge in [-0.15, -0.1) is 0 Å². The van der Waals surface area contributed by atoms with Crippen molar-refractivity contribution in [2.24, 2.45) is 5.92 Å². The fourth-order valence-corrected chi connectivity index (χ4v) is 1.89. The fourth-order valence-electron chi connectivity index (χ4n) is 1.89. The molecule has 0 amide bonds. The van der Waals surface area contributed by atoms with Crippen LogP contribution in [0, 0.1) is 12.8 Å². The summed E-state index contributed by atoms with van der Waals surface area (Å²) in [5.74, 6) is 1.75. The molecule has 2 aromatic rings. The number of rotatable bonds is 3. The predicted octanol–water partition coefficient (Wildman–Crippen LogP) is 2.63. The predicted molar refractivity (Wildman–Crippen MR) is 73.0 cm³/mol. The van der Waals surface area contributed by atoms with Crippen LogP contribution in [0.1, 0.15) is 25.1 Å². The molecule has 0 aliphatic rings. The van der Waals surface area contributed by atoms with Crippen molar-refractivity contribution in [1.82, 2.24) is 15.0 Å². The van der Waals surface area contributed by atoms with Crippen molar-refractivity contribution >= 4 is 5.82 Å². The smallest absolute Gasteiger partial charge is 0.162 e. The molecule has 2 rings (SSSR count). The minimum Gasteiger partial charge on any atom is -0.384 e. The Balaban J connectivity index is 2.45. The summed E-state index contributed by atoms with van der Waals surface area (Å²) >= 11 is 0. The van der Waals surface area contributed by atoms with E-state index in [4.69, 9.17) is 5.73 Å². The molecule has 2 N–H and O–H groups in total. The Morgan fingerprint density at radius 3 is 2.72 bits per heavy atom. The molecule has 0 radical (unpaired) electrons. The molecule has 0 aromatic carbocycles. The van der Waals surface area contributed by atoms with E-state index in [1.54, 1.807) is 6.20 Å². The average molecular weight is 242 g/mol. The molecule has 0 aliphatic carbocycles. The van der Waals surface area contributed by atoms with Gasteiger partial charge in [0.25, 0.3) is 0 Å². The lowest BCUT2D eigenvalue weighted by atomic mass is 10.1. The number of hydrogen-bond acceptors (Lipinski definition) is 4. The Morgan fingerprint density at radius 1 is 1.28 bits per heavy atom. The van der Waals surface area contributed by atoms with Crippen molar-refractivity contribution < 1.29 is 0 Å². The number of pyridine rings is 1. The van der Waals surface area contributed by atoms with Gasteiger partial charge in [-0.05, 0) is 30.9 Å². The molecule has 0 saturated heterocycles. The maximum Gasteiger partial charge on any atom is 0.162 e. The highest BCUT2D eigenvalue weighted by Gasteiger charge is 2.08. The van der Waals surface area contributed by atoms with E-state index < -0.39 is 0 Å². The zero-order chi connectivity index (χ0) is 13.1. The molecule has 4 heteroatoms. The number of nitrogens with two attached hydrogens (primary N) is 1. The van der Waals surface area contributed by atoms with E-state index in [0.29, 0.717) is 17.6 Å². The van der Waals surface area contributed by atoms with Crippen LogP contribution in [-0.2, 0) is 6.42 Å². The molecule has 2 heterocycles. The number of anilines is 1. The molecule has 94 valence electrons. The van der Waals surface area contributed by atoms with Crippen molar-refractivity contribution in [3.05, 3.63) is 35.8 Å². The summed E-state index contributed by atoms with van der Waals surface area (Å²) in [6.45, 7) is 6.32. The highest BCUT2D eigenvalue weighted by atomic mass is 14.9.